The van der Waals surface area contributed by atoms with Gasteiger partial charge >= 0.3 is 0 Å². The van der Waals surface area contributed by atoms with Crippen LogP contribution in [0.5, 0.6) is 0 Å². The van der Waals surface area contributed by atoms with Gasteiger partial charge in [0.15, 0.2) is 0 Å². The predicted octanol–water partition coefficient (Wildman–Crippen LogP) is 2.73. The Morgan fingerprint density at radius 3 is 2.93 bits per heavy atom. The maximum absolute atomic E-state index is 6.16. The lowest BCUT2D eigenvalue weighted by Crippen LogP contribution is -2.17. The maximum Gasteiger partial charge on any atom is 0.0505 e. The Kier molecular flexibility index (Phi) is 1.64. The van der Waals surface area contributed by atoms with Crippen LogP contribution in [0, 0.1) is 6.92 Å². The van der Waals surface area contributed by atoms with Gasteiger partial charge in [-0.1, -0.05) is 11.6 Å². The molecule has 3 heteroatoms. The lowest BCUT2D eigenvalue weighted by molar-refractivity contribution is 0.684. The molecule has 0 atom stereocenters. The summed E-state index contributed by atoms with van der Waals surface area (Å²) in [7, 11) is 0. The summed E-state index contributed by atoms with van der Waals surface area (Å²) in [6, 6.07) is 2.07. The summed E-state index contributed by atoms with van der Waals surface area (Å²) in [6.07, 6.45) is 2.07. The smallest absolute Gasteiger partial charge is 0.0505 e. The number of nitrogens with one attached hydrogen (secondary N) is 2. The maximum atomic E-state index is 6.16. The normalized spacial score (nSPS) is 15.0. The van der Waals surface area contributed by atoms with E-state index in [9.17, 15) is 0 Å². The Bertz CT molecular complexity index is 513. The fourth-order valence-corrected chi connectivity index (χ4v) is 2.42. The molecule has 2 nitrogen and oxygen atoms in total. The van der Waals surface area contributed by atoms with E-state index in [0.717, 1.165) is 23.7 Å². The zero-order chi connectivity index (χ0) is 9.71. The molecule has 1 aromatic heterocycles. The van der Waals surface area contributed by atoms with Gasteiger partial charge in [-0.2, -0.15) is 0 Å². The van der Waals surface area contributed by atoms with Crippen LogP contribution in [0.25, 0.3) is 10.9 Å². The summed E-state index contributed by atoms with van der Waals surface area (Å²) in [5.41, 5.74) is 5.00. The summed E-state index contributed by atoms with van der Waals surface area (Å²) >= 11 is 6.16. The summed E-state index contributed by atoms with van der Waals surface area (Å²) in [6.45, 7) is 3.93. The third kappa shape index (κ3) is 0.954. The highest BCUT2D eigenvalue weighted by atomic mass is 35.5. The standard InChI is InChI=1S/C11H11ClN2/c1-6-9(12)2-7-3-13-4-8-5-14-11(6)10(7)8/h2,5,13-14H,3-4H2,1H3. The Morgan fingerprint density at radius 2 is 2.07 bits per heavy atom. The van der Waals surface area contributed by atoms with Crippen LogP contribution in [0.3, 0.4) is 0 Å². The van der Waals surface area contributed by atoms with Crippen molar-refractivity contribution in [3.63, 3.8) is 0 Å². The lowest BCUT2D eigenvalue weighted by atomic mass is 10.0. The summed E-state index contributed by atoms with van der Waals surface area (Å²) in [5.74, 6) is 0. The van der Waals surface area contributed by atoms with Crippen LogP contribution in [0.1, 0.15) is 16.7 Å². The van der Waals surface area contributed by atoms with Gasteiger partial charge in [0.1, 0.15) is 0 Å². The number of aryl methyl sites for hydroxylation is 1. The van der Waals surface area contributed by atoms with Crippen LogP contribution in [0.15, 0.2) is 12.3 Å². The first-order valence-electron chi connectivity index (χ1n) is 4.76. The second-order valence-electron chi connectivity index (χ2n) is 3.81. The molecule has 0 saturated carbocycles. The number of hydrogen-bond donors (Lipinski definition) is 2. The molecule has 2 N–H and O–H groups in total. The molecule has 0 saturated heterocycles. The predicted molar refractivity (Wildman–Crippen MR) is 58.6 cm³/mol. The highest BCUT2D eigenvalue weighted by Gasteiger charge is 2.16. The topological polar surface area (TPSA) is 27.8 Å². The van der Waals surface area contributed by atoms with E-state index < -0.39 is 0 Å². The van der Waals surface area contributed by atoms with Gasteiger partial charge < -0.3 is 10.3 Å². The molecule has 3 rings (SSSR count). The fraction of sp³-hybridized carbons (Fsp3) is 0.273. The Morgan fingerprint density at radius 1 is 1.29 bits per heavy atom. The van der Waals surface area contributed by atoms with Gasteiger partial charge in [-0.25, -0.2) is 0 Å². The van der Waals surface area contributed by atoms with E-state index in [-0.39, 0.29) is 0 Å². The lowest BCUT2D eigenvalue weighted by Gasteiger charge is -2.15. The fourth-order valence-electron chi connectivity index (χ4n) is 2.19. The SMILES string of the molecule is Cc1c(Cl)cc2c3c(c[nH]c13)CNC2. The van der Waals surface area contributed by atoms with Crippen LogP contribution < -0.4 is 5.32 Å². The van der Waals surface area contributed by atoms with E-state index >= 15 is 0 Å². The molecule has 2 aromatic rings. The van der Waals surface area contributed by atoms with Crippen molar-refractivity contribution < 1.29 is 0 Å². The van der Waals surface area contributed by atoms with E-state index in [4.69, 9.17) is 11.6 Å². The van der Waals surface area contributed by atoms with Gasteiger partial charge in [-0.05, 0) is 29.7 Å². The molecule has 0 aliphatic carbocycles. The number of hydrogen-bond acceptors (Lipinski definition) is 1. The number of aromatic amines is 1. The average Bonchev–Trinajstić information content (AvgIpc) is 2.60. The van der Waals surface area contributed by atoms with E-state index in [1.165, 1.54) is 22.0 Å². The second kappa shape index (κ2) is 2.75. The molecule has 0 radical (unpaired) electrons. The third-order valence-corrected chi connectivity index (χ3v) is 3.34. The van der Waals surface area contributed by atoms with Crippen LogP contribution >= 0.6 is 11.6 Å². The van der Waals surface area contributed by atoms with Crippen LogP contribution in [0.4, 0.5) is 0 Å². The molecule has 14 heavy (non-hydrogen) atoms. The molecule has 1 aromatic carbocycles. The molecular formula is C11H11ClN2. The van der Waals surface area contributed by atoms with Crippen molar-refractivity contribution in [2.24, 2.45) is 0 Å². The number of H-pyrrole nitrogens is 1. The molecule has 0 unspecified atom stereocenters. The molecular weight excluding hydrogens is 196 g/mol. The summed E-state index contributed by atoms with van der Waals surface area (Å²) in [5, 5.41) is 5.57. The van der Waals surface area contributed by atoms with E-state index in [0.29, 0.717) is 0 Å². The third-order valence-electron chi connectivity index (χ3n) is 2.95. The number of aromatic nitrogens is 1. The zero-order valence-electron chi connectivity index (χ0n) is 7.95. The first-order valence-corrected chi connectivity index (χ1v) is 5.14. The van der Waals surface area contributed by atoms with Gasteiger partial charge in [0, 0.05) is 29.7 Å². The van der Waals surface area contributed by atoms with Crippen LogP contribution in [-0.4, -0.2) is 4.98 Å². The minimum atomic E-state index is 0.851. The minimum absolute atomic E-state index is 0.851. The second-order valence-corrected chi connectivity index (χ2v) is 4.22. The van der Waals surface area contributed by atoms with Crippen molar-refractivity contribution in [3.8, 4) is 0 Å². The Hall–Kier alpha value is -0.990. The number of rotatable bonds is 0. The quantitative estimate of drug-likeness (QED) is 0.682. The average molecular weight is 207 g/mol. The molecule has 0 fully saturated rings. The largest absolute Gasteiger partial charge is 0.361 e. The van der Waals surface area contributed by atoms with Gasteiger partial charge in [0.2, 0.25) is 0 Å². The summed E-state index contributed by atoms with van der Waals surface area (Å²) < 4.78 is 0. The Labute approximate surface area is 87.3 Å². The van der Waals surface area contributed by atoms with Gasteiger partial charge in [-0.15, -0.1) is 0 Å². The van der Waals surface area contributed by atoms with Crippen molar-refractivity contribution in [2.75, 3.05) is 0 Å². The number of halogens is 1. The van der Waals surface area contributed by atoms with Gasteiger partial charge in [0.05, 0.1) is 5.52 Å². The van der Waals surface area contributed by atoms with Crippen molar-refractivity contribution in [2.45, 2.75) is 20.0 Å². The van der Waals surface area contributed by atoms with Crippen LogP contribution in [0.2, 0.25) is 5.02 Å². The van der Waals surface area contributed by atoms with E-state index in [2.05, 4.69) is 29.5 Å². The first kappa shape index (κ1) is 8.33. The van der Waals surface area contributed by atoms with Crippen molar-refractivity contribution in [3.05, 3.63) is 34.0 Å². The van der Waals surface area contributed by atoms with Crippen LogP contribution in [-0.2, 0) is 13.1 Å². The highest BCUT2D eigenvalue weighted by Crippen LogP contribution is 2.32. The van der Waals surface area contributed by atoms with Gasteiger partial charge in [-0.3, -0.25) is 0 Å². The van der Waals surface area contributed by atoms with Crippen molar-refractivity contribution >= 4 is 22.5 Å². The molecule has 0 amide bonds. The molecule has 0 bridgehead atoms. The van der Waals surface area contributed by atoms with E-state index in [1.807, 2.05) is 0 Å². The molecule has 72 valence electrons. The minimum Gasteiger partial charge on any atom is -0.361 e. The summed E-state index contributed by atoms with van der Waals surface area (Å²) in [4.78, 5) is 3.30. The molecule has 0 spiro atoms. The van der Waals surface area contributed by atoms with Crippen molar-refractivity contribution in [1.29, 1.82) is 0 Å². The molecule has 2 heterocycles. The number of benzene rings is 1. The molecule has 1 aliphatic rings. The monoisotopic (exact) mass is 206 g/mol. The van der Waals surface area contributed by atoms with Crippen molar-refractivity contribution in [1.82, 2.24) is 10.3 Å². The zero-order valence-corrected chi connectivity index (χ0v) is 8.70. The first-order chi connectivity index (χ1) is 6.77. The molecule has 1 aliphatic heterocycles. The Balaban J connectivity index is 2.50. The van der Waals surface area contributed by atoms with Gasteiger partial charge in [0.25, 0.3) is 0 Å². The van der Waals surface area contributed by atoms with E-state index in [1.54, 1.807) is 0 Å². The highest BCUT2D eigenvalue weighted by molar-refractivity contribution is 6.32.